The lowest BCUT2D eigenvalue weighted by atomic mass is 10.1. The lowest BCUT2D eigenvalue weighted by molar-refractivity contribution is 0.627. The lowest BCUT2D eigenvalue weighted by Crippen LogP contribution is -2.13. The first-order valence-corrected chi connectivity index (χ1v) is 10.1. The minimum Gasteiger partial charge on any atom is -0.300 e. The zero-order valence-corrected chi connectivity index (χ0v) is 16.8. The first-order chi connectivity index (χ1) is 13.5. The van der Waals surface area contributed by atoms with Gasteiger partial charge in [0.1, 0.15) is 5.82 Å². The molecule has 4 aromatic rings. The van der Waals surface area contributed by atoms with Crippen molar-refractivity contribution in [3.05, 3.63) is 80.9 Å². The summed E-state index contributed by atoms with van der Waals surface area (Å²) in [6, 6.07) is 11.0. The number of aromatic nitrogens is 3. The van der Waals surface area contributed by atoms with Crippen molar-refractivity contribution in [3.63, 3.8) is 0 Å². The number of hydrogen-bond acceptors (Lipinski definition) is 4. The van der Waals surface area contributed by atoms with E-state index < -0.39 is 0 Å². The van der Waals surface area contributed by atoms with E-state index in [9.17, 15) is 9.18 Å². The highest BCUT2D eigenvalue weighted by Crippen LogP contribution is 2.34. The highest BCUT2D eigenvalue weighted by molar-refractivity contribution is 7.98. The molecule has 2 aromatic heterocycles. The van der Waals surface area contributed by atoms with E-state index in [1.54, 1.807) is 41.1 Å². The van der Waals surface area contributed by atoms with Gasteiger partial charge >= 0.3 is 0 Å². The summed E-state index contributed by atoms with van der Waals surface area (Å²) >= 11 is 14.0. The highest BCUT2D eigenvalue weighted by Gasteiger charge is 2.18. The van der Waals surface area contributed by atoms with Crippen LogP contribution in [0.4, 0.5) is 4.39 Å². The molecule has 140 valence electrons. The largest absolute Gasteiger partial charge is 0.300 e. The molecule has 0 aliphatic heterocycles. The van der Waals surface area contributed by atoms with Crippen molar-refractivity contribution in [2.24, 2.45) is 0 Å². The SMILES string of the molecule is CSc1ncc2c(=O)c(-c3c(Cl)cccc3Cl)cn(-c3ccc(F)cc3)c2n1. The second kappa shape index (κ2) is 7.54. The Hall–Kier alpha value is -2.41. The molecule has 0 saturated carbocycles. The van der Waals surface area contributed by atoms with E-state index in [2.05, 4.69) is 9.97 Å². The third kappa shape index (κ3) is 3.28. The Morgan fingerprint density at radius 3 is 2.39 bits per heavy atom. The van der Waals surface area contributed by atoms with Gasteiger partial charge in [-0.2, -0.15) is 0 Å². The number of fused-ring (bicyclic) bond motifs is 1. The van der Waals surface area contributed by atoms with Crippen LogP contribution in [-0.4, -0.2) is 20.8 Å². The summed E-state index contributed by atoms with van der Waals surface area (Å²) in [5.74, 6) is -0.358. The molecule has 0 spiro atoms. The first kappa shape index (κ1) is 18.9. The van der Waals surface area contributed by atoms with Gasteiger partial charge in [-0.3, -0.25) is 4.79 Å². The van der Waals surface area contributed by atoms with E-state index in [1.165, 1.54) is 30.1 Å². The fourth-order valence-corrected chi connectivity index (χ4v) is 3.86. The van der Waals surface area contributed by atoms with Gasteiger partial charge in [0.25, 0.3) is 0 Å². The van der Waals surface area contributed by atoms with E-state index in [-0.39, 0.29) is 11.2 Å². The molecule has 0 bridgehead atoms. The van der Waals surface area contributed by atoms with Crippen LogP contribution in [0.1, 0.15) is 0 Å². The average molecular weight is 432 g/mol. The van der Waals surface area contributed by atoms with Gasteiger partial charge in [0.2, 0.25) is 5.43 Å². The van der Waals surface area contributed by atoms with Crippen molar-refractivity contribution in [2.75, 3.05) is 6.26 Å². The summed E-state index contributed by atoms with van der Waals surface area (Å²) in [5, 5.41) is 1.55. The van der Waals surface area contributed by atoms with E-state index >= 15 is 0 Å². The van der Waals surface area contributed by atoms with Crippen LogP contribution in [-0.2, 0) is 0 Å². The van der Waals surface area contributed by atoms with Gasteiger partial charge in [-0.05, 0) is 42.7 Å². The molecule has 4 nitrogen and oxygen atoms in total. The van der Waals surface area contributed by atoms with Crippen LogP contribution in [0, 0.1) is 5.82 Å². The van der Waals surface area contributed by atoms with Crippen LogP contribution in [0.5, 0.6) is 0 Å². The lowest BCUT2D eigenvalue weighted by Gasteiger charge is -2.14. The van der Waals surface area contributed by atoms with Gasteiger partial charge < -0.3 is 4.57 Å². The molecular weight excluding hydrogens is 420 g/mol. The molecule has 0 unspecified atom stereocenters. The predicted octanol–water partition coefficient (Wildman–Crippen LogP) is 5.62. The monoisotopic (exact) mass is 431 g/mol. The standard InChI is InChI=1S/C20H12Cl2FN3OS/c1-28-20-24-9-13-18(27)14(17-15(21)3-2-4-16(17)22)10-26(19(13)25-20)12-7-5-11(23)6-8-12/h2-10H,1H3. The van der Waals surface area contributed by atoms with Gasteiger partial charge in [0.15, 0.2) is 10.8 Å². The number of nitrogens with zero attached hydrogens (tertiary/aromatic N) is 3. The number of halogens is 3. The topological polar surface area (TPSA) is 47.8 Å². The number of hydrogen-bond donors (Lipinski definition) is 0. The highest BCUT2D eigenvalue weighted by atomic mass is 35.5. The fraction of sp³-hybridized carbons (Fsp3) is 0.0500. The molecule has 2 heterocycles. The average Bonchev–Trinajstić information content (AvgIpc) is 2.70. The quantitative estimate of drug-likeness (QED) is 0.312. The number of pyridine rings is 1. The zero-order chi connectivity index (χ0) is 19.8. The van der Waals surface area contributed by atoms with Gasteiger partial charge in [-0.25, -0.2) is 14.4 Å². The Bertz CT molecular complexity index is 1240. The third-order valence-electron chi connectivity index (χ3n) is 4.24. The van der Waals surface area contributed by atoms with E-state index in [1.807, 2.05) is 6.26 Å². The summed E-state index contributed by atoms with van der Waals surface area (Å²) in [5.41, 5.74) is 1.52. The normalized spacial score (nSPS) is 11.1. The summed E-state index contributed by atoms with van der Waals surface area (Å²) in [7, 11) is 0. The van der Waals surface area contributed by atoms with Crippen LogP contribution in [0.3, 0.4) is 0 Å². The van der Waals surface area contributed by atoms with Crippen LogP contribution in [0.15, 0.2) is 64.8 Å². The van der Waals surface area contributed by atoms with Crippen molar-refractivity contribution >= 4 is 46.0 Å². The zero-order valence-electron chi connectivity index (χ0n) is 14.5. The summed E-state index contributed by atoms with van der Waals surface area (Å²) in [6.45, 7) is 0. The second-order valence-corrected chi connectivity index (χ2v) is 7.50. The van der Waals surface area contributed by atoms with Crippen molar-refractivity contribution in [3.8, 4) is 16.8 Å². The maximum atomic E-state index is 13.4. The fourth-order valence-electron chi connectivity index (χ4n) is 2.93. The molecule has 0 radical (unpaired) electrons. The molecule has 2 aromatic carbocycles. The summed E-state index contributed by atoms with van der Waals surface area (Å²) < 4.78 is 15.1. The van der Waals surface area contributed by atoms with Crippen molar-refractivity contribution in [2.45, 2.75) is 5.16 Å². The molecule has 0 fully saturated rings. The molecule has 8 heteroatoms. The molecule has 0 saturated heterocycles. The Labute approximate surface area is 174 Å². The maximum absolute atomic E-state index is 13.4. The van der Waals surface area contributed by atoms with Gasteiger partial charge in [0.05, 0.1) is 15.4 Å². The van der Waals surface area contributed by atoms with Crippen LogP contribution in [0.25, 0.3) is 27.8 Å². The number of benzene rings is 2. The molecule has 0 atom stereocenters. The predicted molar refractivity (Wildman–Crippen MR) is 112 cm³/mol. The number of thioether (sulfide) groups is 1. The van der Waals surface area contributed by atoms with Crippen molar-refractivity contribution in [1.29, 1.82) is 0 Å². The molecule has 0 N–H and O–H groups in total. The van der Waals surface area contributed by atoms with Crippen molar-refractivity contribution < 1.29 is 4.39 Å². The van der Waals surface area contributed by atoms with E-state index in [0.29, 0.717) is 43.0 Å². The molecule has 0 aliphatic carbocycles. The minimum atomic E-state index is -0.358. The number of rotatable bonds is 3. The molecular formula is C20H12Cl2FN3OS. The van der Waals surface area contributed by atoms with Crippen molar-refractivity contribution in [1.82, 2.24) is 14.5 Å². The molecule has 28 heavy (non-hydrogen) atoms. The maximum Gasteiger partial charge on any atom is 0.200 e. The Balaban J connectivity index is 2.12. The Morgan fingerprint density at radius 2 is 1.75 bits per heavy atom. The van der Waals surface area contributed by atoms with E-state index in [4.69, 9.17) is 23.2 Å². The second-order valence-electron chi connectivity index (χ2n) is 5.91. The summed E-state index contributed by atoms with van der Waals surface area (Å²) in [4.78, 5) is 21.9. The molecule has 0 amide bonds. The molecule has 4 rings (SSSR count). The third-order valence-corrected chi connectivity index (χ3v) is 5.43. The first-order valence-electron chi connectivity index (χ1n) is 8.16. The van der Waals surface area contributed by atoms with Gasteiger partial charge in [-0.15, -0.1) is 0 Å². The smallest absolute Gasteiger partial charge is 0.200 e. The van der Waals surface area contributed by atoms with Gasteiger partial charge in [0, 0.05) is 29.2 Å². The van der Waals surface area contributed by atoms with Crippen LogP contribution < -0.4 is 5.43 Å². The van der Waals surface area contributed by atoms with Gasteiger partial charge in [-0.1, -0.05) is 41.0 Å². The minimum absolute atomic E-state index is 0.281. The molecule has 0 aliphatic rings. The van der Waals surface area contributed by atoms with E-state index in [0.717, 1.165) is 0 Å². The van der Waals surface area contributed by atoms with Crippen LogP contribution >= 0.6 is 35.0 Å². The Kier molecular flexibility index (Phi) is 5.10. The summed E-state index contributed by atoms with van der Waals surface area (Å²) in [6.07, 6.45) is 4.96. The van der Waals surface area contributed by atoms with Crippen LogP contribution in [0.2, 0.25) is 10.0 Å². The Morgan fingerprint density at radius 1 is 1.07 bits per heavy atom.